The maximum absolute atomic E-state index is 12.6. The Kier molecular flexibility index (Phi) is 5.02. The van der Waals surface area contributed by atoms with Crippen molar-refractivity contribution < 1.29 is 22.6 Å². The normalized spacial score (nSPS) is 19.2. The zero-order chi connectivity index (χ0) is 20.6. The van der Waals surface area contributed by atoms with Gasteiger partial charge < -0.3 is 9.47 Å². The molecule has 4 rings (SSSR count). The number of nitrogens with zero attached hydrogens (tertiary/aromatic N) is 3. The third kappa shape index (κ3) is 3.71. The molecule has 6 nitrogen and oxygen atoms in total. The van der Waals surface area contributed by atoms with Gasteiger partial charge in [0.2, 0.25) is 0 Å². The molecule has 1 aromatic heterocycles. The zero-order valence-electron chi connectivity index (χ0n) is 16.1. The number of fused-ring (bicyclic) bond motifs is 1. The van der Waals surface area contributed by atoms with Crippen LogP contribution in [0.5, 0.6) is 5.75 Å². The van der Waals surface area contributed by atoms with E-state index in [2.05, 4.69) is 9.84 Å². The van der Waals surface area contributed by atoms with Gasteiger partial charge in [-0.2, -0.15) is 5.10 Å². The fourth-order valence-electron chi connectivity index (χ4n) is 4.36. The number of amidine groups is 1. The van der Waals surface area contributed by atoms with E-state index in [0.717, 1.165) is 32.1 Å². The van der Waals surface area contributed by atoms with Crippen molar-refractivity contribution >= 4 is 11.7 Å². The smallest absolute Gasteiger partial charge is 0.406 e. The van der Waals surface area contributed by atoms with Crippen LogP contribution < -0.4 is 9.64 Å². The number of hydrogen-bond donors (Lipinski definition) is 1. The zero-order valence-corrected chi connectivity index (χ0v) is 16.1. The molecule has 1 N–H and O–H groups in total. The fourth-order valence-corrected chi connectivity index (χ4v) is 4.36. The molecule has 1 aliphatic carbocycles. The van der Waals surface area contributed by atoms with Gasteiger partial charge in [0.1, 0.15) is 23.1 Å². The molecule has 0 spiro atoms. The third-order valence-electron chi connectivity index (χ3n) is 5.65. The largest absolute Gasteiger partial charge is 0.573 e. The predicted molar refractivity (Wildman–Crippen MR) is 102 cm³/mol. The summed E-state index contributed by atoms with van der Waals surface area (Å²) in [6.07, 6.45) is 2.09. The van der Waals surface area contributed by atoms with Gasteiger partial charge in [-0.1, -0.05) is 18.6 Å². The fraction of sp³-hybridized carbons (Fsp3) is 0.500. The monoisotopic (exact) mass is 408 g/mol. The number of methoxy groups -OCH3 is 1. The molecule has 1 aromatic carbocycles. The van der Waals surface area contributed by atoms with Crippen LogP contribution in [0.15, 0.2) is 30.5 Å². The second-order valence-corrected chi connectivity index (χ2v) is 7.42. The summed E-state index contributed by atoms with van der Waals surface area (Å²) in [6, 6.07) is 5.86. The van der Waals surface area contributed by atoms with Crippen molar-refractivity contribution in [2.24, 2.45) is 0 Å². The van der Waals surface area contributed by atoms with Crippen LogP contribution >= 0.6 is 0 Å². The molecule has 0 amide bonds. The Bertz CT molecular complexity index is 903. The molecule has 9 heteroatoms. The molecule has 1 aliphatic heterocycles. The van der Waals surface area contributed by atoms with Crippen molar-refractivity contribution in [2.75, 3.05) is 12.0 Å². The lowest BCUT2D eigenvalue weighted by atomic mass is 9.89. The SMILES string of the molecule is COC1(N2C(=N)CCn3ncc(-c4cccc(OC(F)(F)F)c4)c32)CCCCC1. The molecule has 1 fully saturated rings. The standard InChI is InChI=1S/C20H23F3N4O2/c1-28-19(9-3-2-4-10-19)27-17(24)8-11-26-18(27)16(13-25-26)14-6-5-7-15(12-14)29-20(21,22)23/h5-7,12-13,24H,2-4,8-11H2,1H3. The van der Waals surface area contributed by atoms with Gasteiger partial charge in [-0.3, -0.25) is 10.3 Å². The van der Waals surface area contributed by atoms with Crippen molar-refractivity contribution in [3.8, 4) is 16.9 Å². The average molecular weight is 408 g/mol. The summed E-state index contributed by atoms with van der Waals surface area (Å²) < 4.78 is 49.8. The summed E-state index contributed by atoms with van der Waals surface area (Å²) in [6.45, 7) is 0.545. The number of benzene rings is 1. The van der Waals surface area contributed by atoms with E-state index < -0.39 is 12.1 Å². The number of alkyl halides is 3. The van der Waals surface area contributed by atoms with E-state index in [4.69, 9.17) is 10.1 Å². The van der Waals surface area contributed by atoms with E-state index in [-0.39, 0.29) is 5.75 Å². The van der Waals surface area contributed by atoms with Gasteiger partial charge >= 0.3 is 6.36 Å². The molecule has 2 aromatic rings. The van der Waals surface area contributed by atoms with Crippen LogP contribution in [-0.2, 0) is 11.3 Å². The molecule has 29 heavy (non-hydrogen) atoms. The molecule has 0 bridgehead atoms. The van der Waals surface area contributed by atoms with Crippen molar-refractivity contribution in [2.45, 2.75) is 57.2 Å². The maximum Gasteiger partial charge on any atom is 0.573 e. The highest BCUT2D eigenvalue weighted by Crippen LogP contribution is 2.44. The number of nitrogens with one attached hydrogen (secondary N) is 1. The molecule has 2 aliphatic rings. The first kappa shape index (κ1) is 19.8. The van der Waals surface area contributed by atoms with E-state index in [1.807, 2.05) is 4.90 Å². The topological polar surface area (TPSA) is 63.4 Å². The third-order valence-corrected chi connectivity index (χ3v) is 5.65. The van der Waals surface area contributed by atoms with E-state index in [1.165, 1.54) is 18.2 Å². The first-order valence-electron chi connectivity index (χ1n) is 9.68. The van der Waals surface area contributed by atoms with Crippen LogP contribution in [0.2, 0.25) is 0 Å². The van der Waals surface area contributed by atoms with Crippen LogP contribution in [0, 0.1) is 5.41 Å². The Morgan fingerprint density at radius 3 is 2.62 bits per heavy atom. The number of halogens is 3. The summed E-state index contributed by atoms with van der Waals surface area (Å²) in [5.41, 5.74) is 0.571. The Morgan fingerprint density at radius 1 is 1.17 bits per heavy atom. The summed E-state index contributed by atoms with van der Waals surface area (Å²) in [4.78, 5) is 1.90. The lowest BCUT2D eigenvalue weighted by Crippen LogP contribution is -2.57. The molecule has 0 radical (unpaired) electrons. The second kappa shape index (κ2) is 7.37. The number of aryl methyl sites for hydroxylation is 1. The van der Waals surface area contributed by atoms with Crippen molar-refractivity contribution in [1.82, 2.24) is 9.78 Å². The lowest BCUT2D eigenvalue weighted by molar-refractivity contribution is -0.274. The minimum absolute atomic E-state index is 0.286. The quantitative estimate of drug-likeness (QED) is 0.778. The molecule has 0 saturated heterocycles. The van der Waals surface area contributed by atoms with Crippen molar-refractivity contribution in [3.05, 3.63) is 30.5 Å². The van der Waals surface area contributed by atoms with E-state index in [1.54, 1.807) is 24.1 Å². The number of anilines is 1. The molecule has 1 saturated carbocycles. The van der Waals surface area contributed by atoms with Gasteiger partial charge in [-0.15, -0.1) is 13.2 Å². The number of hydrogen-bond acceptors (Lipinski definition) is 4. The lowest BCUT2D eigenvalue weighted by Gasteiger charge is -2.48. The van der Waals surface area contributed by atoms with Gasteiger partial charge in [0.05, 0.1) is 12.7 Å². The van der Waals surface area contributed by atoms with E-state index >= 15 is 0 Å². The number of aromatic nitrogens is 2. The Labute approximate surface area is 166 Å². The summed E-state index contributed by atoms with van der Waals surface area (Å²) in [7, 11) is 1.66. The van der Waals surface area contributed by atoms with Gasteiger partial charge in [0.25, 0.3) is 0 Å². The highest BCUT2D eigenvalue weighted by molar-refractivity contribution is 6.00. The minimum Gasteiger partial charge on any atom is -0.406 e. The first-order chi connectivity index (χ1) is 13.8. The van der Waals surface area contributed by atoms with Gasteiger partial charge in [-0.05, 0) is 43.4 Å². The Hall–Kier alpha value is -2.55. The van der Waals surface area contributed by atoms with Crippen LogP contribution in [0.1, 0.15) is 38.5 Å². The minimum atomic E-state index is -4.76. The van der Waals surface area contributed by atoms with Gasteiger partial charge in [0, 0.05) is 19.1 Å². The summed E-state index contributed by atoms with van der Waals surface area (Å²) in [5, 5.41) is 13.1. The molecule has 0 unspecified atom stereocenters. The Morgan fingerprint density at radius 2 is 1.93 bits per heavy atom. The molecule has 2 heterocycles. The van der Waals surface area contributed by atoms with Crippen LogP contribution in [0.3, 0.4) is 0 Å². The van der Waals surface area contributed by atoms with Crippen LogP contribution in [0.25, 0.3) is 11.1 Å². The number of rotatable bonds is 4. The van der Waals surface area contributed by atoms with Crippen LogP contribution in [-0.4, -0.2) is 34.8 Å². The molecule has 156 valence electrons. The van der Waals surface area contributed by atoms with Gasteiger partial charge in [-0.25, -0.2) is 4.68 Å². The Balaban J connectivity index is 1.79. The number of ether oxygens (including phenoxy) is 2. The van der Waals surface area contributed by atoms with E-state index in [0.29, 0.717) is 35.7 Å². The summed E-state index contributed by atoms with van der Waals surface area (Å²) >= 11 is 0. The molecular weight excluding hydrogens is 385 g/mol. The molecule has 0 atom stereocenters. The van der Waals surface area contributed by atoms with Crippen molar-refractivity contribution in [3.63, 3.8) is 0 Å². The summed E-state index contributed by atoms with van der Waals surface area (Å²) in [5.74, 6) is 0.839. The molecular formula is C20H23F3N4O2. The van der Waals surface area contributed by atoms with E-state index in [9.17, 15) is 13.2 Å². The highest BCUT2D eigenvalue weighted by atomic mass is 19.4. The average Bonchev–Trinajstić information content (AvgIpc) is 3.11. The first-order valence-corrected chi connectivity index (χ1v) is 9.68. The van der Waals surface area contributed by atoms with Gasteiger partial charge in [0.15, 0.2) is 0 Å². The van der Waals surface area contributed by atoms with Crippen LogP contribution in [0.4, 0.5) is 19.0 Å². The van der Waals surface area contributed by atoms with Crippen molar-refractivity contribution in [1.29, 1.82) is 5.41 Å². The predicted octanol–water partition coefficient (Wildman–Crippen LogP) is 4.94. The highest BCUT2D eigenvalue weighted by Gasteiger charge is 2.44. The maximum atomic E-state index is 12.6. The second-order valence-electron chi connectivity index (χ2n) is 7.42.